The Morgan fingerprint density at radius 3 is 1.87 bits per heavy atom. The van der Waals surface area contributed by atoms with Gasteiger partial charge >= 0.3 is 24.0 Å². The Morgan fingerprint density at radius 1 is 0.721 bits per heavy atom. The number of H-pyrrole nitrogens is 1. The van der Waals surface area contributed by atoms with Crippen LogP contribution in [0.3, 0.4) is 0 Å². The fourth-order valence-corrected chi connectivity index (χ4v) is 6.59. The number of aromatic nitrogens is 2. The van der Waals surface area contributed by atoms with Crippen LogP contribution in [-0.2, 0) is 61.2 Å². The van der Waals surface area contributed by atoms with Gasteiger partial charge in [0.2, 0.25) is 23.6 Å². The lowest BCUT2D eigenvalue weighted by Crippen LogP contribution is -2.59. The molecule has 1 unspecified atom stereocenters. The van der Waals surface area contributed by atoms with E-state index in [9.17, 15) is 62.1 Å². The zero-order chi connectivity index (χ0) is 45.1. The topological polar surface area (TPSA) is 329 Å². The third-order valence-corrected chi connectivity index (χ3v) is 10.1. The van der Waals surface area contributed by atoms with E-state index in [1.165, 1.54) is 36.8 Å². The molecule has 9 N–H and O–H groups in total. The predicted molar refractivity (Wildman–Crippen MR) is 213 cm³/mol. The molecule has 0 bridgehead atoms. The fraction of sp³-hybridized carbons (Fsp3) is 0.359. The van der Waals surface area contributed by atoms with E-state index < -0.39 is 119 Å². The van der Waals surface area contributed by atoms with Gasteiger partial charge in [0.15, 0.2) is 9.84 Å². The highest BCUT2D eigenvalue weighted by Gasteiger charge is 2.34. The first kappa shape index (κ1) is 48.3. The van der Waals surface area contributed by atoms with Gasteiger partial charge in [-0.25, -0.2) is 18.2 Å². The number of nitrogens with zero attached hydrogens (tertiary/aromatic N) is 1. The molecule has 1 heterocycles. The van der Waals surface area contributed by atoms with Gasteiger partial charge in [-0.05, 0) is 36.1 Å². The number of ether oxygens (including phenoxy) is 1. The van der Waals surface area contributed by atoms with Crippen LogP contribution in [0.2, 0.25) is 0 Å². The van der Waals surface area contributed by atoms with Crippen molar-refractivity contribution in [2.75, 3.05) is 0 Å². The normalized spacial score (nSPS) is 13.8. The molecule has 5 amide bonds. The fourth-order valence-electron chi connectivity index (χ4n) is 5.50. The average molecular weight is 870 g/mol. The highest BCUT2D eigenvalue weighted by Crippen LogP contribution is 2.13. The third-order valence-electron chi connectivity index (χ3n) is 8.61. The first-order valence-electron chi connectivity index (χ1n) is 18.6. The van der Waals surface area contributed by atoms with Crippen molar-refractivity contribution < 1.29 is 66.8 Å². The first-order valence-corrected chi connectivity index (χ1v) is 20.2. The lowest BCUT2D eigenvalue weighted by atomic mass is 10.0. The summed E-state index contributed by atoms with van der Waals surface area (Å²) in [6.45, 7) is 2.98. The molecule has 3 aromatic rings. The van der Waals surface area contributed by atoms with Crippen LogP contribution in [0.25, 0.3) is 0 Å². The molecular formula is C39H47N7O14S. The zero-order valence-electron chi connectivity index (χ0n) is 33.0. The largest absolute Gasteiger partial charge is 0.481 e. The Morgan fingerprint density at radius 2 is 1.30 bits per heavy atom. The summed E-state index contributed by atoms with van der Waals surface area (Å²) in [4.78, 5) is 109. The van der Waals surface area contributed by atoms with E-state index in [0.717, 1.165) is 11.5 Å². The Bertz CT molecular complexity index is 2130. The zero-order valence-corrected chi connectivity index (χ0v) is 33.8. The van der Waals surface area contributed by atoms with E-state index in [-0.39, 0.29) is 23.6 Å². The van der Waals surface area contributed by atoms with Crippen LogP contribution in [0.1, 0.15) is 50.8 Å². The molecule has 61 heavy (non-hydrogen) atoms. The van der Waals surface area contributed by atoms with Gasteiger partial charge in [0.05, 0.1) is 35.8 Å². The number of carbonyl (C=O) groups is 8. The molecule has 0 saturated carbocycles. The molecule has 0 fully saturated rings. The SMILES string of the molecule is CC(C)[C@H](NC(=O)OCc1ccccc1)C(=O)N[C@@H](CC(=O)O)C(=O)NC(CCC(=O)O)C(=O)N[C@@H](Cc1c[nH]cn1)C(=O)N[C@H](/C=C/S(=O)(=O)c1ccccc1)CC(=O)O. The lowest BCUT2D eigenvalue weighted by Gasteiger charge is -2.27. The van der Waals surface area contributed by atoms with Crippen LogP contribution in [0.15, 0.2) is 89.6 Å². The molecule has 1 aromatic heterocycles. The summed E-state index contributed by atoms with van der Waals surface area (Å²) in [6, 6.07) is 7.79. The molecule has 328 valence electrons. The minimum Gasteiger partial charge on any atom is -0.481 e. The third kappa shape index (κ3) is 17.0. The second-order valence-electron chi connectivity index (χ2n) is 13.8. The molecule has 5 atom stereocenters. The van der Waals surface area contributed by atoms with E-state index in [0.29, 0.717) is 5.56 Å². The summed E-state index contributed by atoms with van der Waals surface area (Å²) in [6.07, 6.45) is -0.863. The maximum Gasteiger partial charge on any atom is 0.408 e. The number of carboxylic acids is 3. The molecule has 0 radical (unpaired) electrons. The van der Waals surface area contributed by atoms with Crippen molar-refractivity contribution in [1.29, 1.82) is 0 Å². The number of carboxylic acid groups (broad SMARTS) is 3. The van der Waals surface area contributed by atoms with Gasteiger partial charge in [-0.3, -0.25) is 33.6 Å². The quantitative estimate of drug-likeness (QED) is 0.0597. The van der Waals surface area contributed by atoms with Gasteiger partial charge in [0, 0.05) is 24.4 Å². The summed E-state index contributed by atoms with van der Waals surface area (Å²) >= 11 is 0. The number of aromatic amines is 1. The number of alkyl carbamates (subject to hydrolysis) is 1. The average Bonchev–Trinajstić information content (AvgIpc) is 3.72. The van der Waals surface area contributed by atoms with Crippen molar-refractivity contribution in [2.45, 2.75) is 87.7 Å². The molecular weight excluding hydrogens is 823 g/mol. The second kappa shape index (κ2) is 23.5. The highest BCUT2D eigenvalue weighted by molar-refractivity contribution is 7.94. The molecule has 0 aliphatic heterocycles. The lowest BCUT2D eigenvalue weighted by molar-refractivity contribution is -0.141. The Hall–Kier alpha value is -7.10. The van der Waals surface area contributed by atoms with Gasteiger partial charge in [0.1, 0.15) is 30.8 Å². The van der Waals surface area contributed by atoms with Gasteiger partial charge < -0.3 is 51.6 Å². The van der Waals surface area contributed by atoms with E-state index in [1.807, 2.05) is 0 Å². The summed E-state index contributed by atoms with van der Waals surface area (Å²) < 4.78 is 30.9. The number of benzene rings is 2. The summed E-state index contributed by atoms with van der Waals surface area (Å²) in [5, 5.41) is 40.9. The molecule has 0 spiro atoms. The Kier molecular flexibility index (Phi) is 18.6. The van der Waals surface area contributed by atoms with E-state index >= 15 is 0 Å². The highest BCUT2D eigenvalue weighted by atomic mass is 32.2. The number of hydrogen-bond donors (Lipinski definition) is 9. The number of hydrogen-bond acceptors (Lipinski definition) is 12. The van der Waals surface area contributed by atoms with Gasteiger partial charge in [-0.1, -0.05) is 62.4 Å². The van der Waals surface area contributed by atoms with Crippen LogP contribution in [0, 0.1) is 5.92 Å². The van der Waals surface area contributed by atoms with Crippen LogP contribution in [0.5, 0.6) is 0 Å². The number of sulfone groups is 1. The number of amides is 5. The van der Waals surface area contributed by atoms with Crippen molar-refractivity contribution in [1.82, 2.24) is 36.6 Å². The van der Waals surface area contributed by atoms with Crippen LogP contribution in [-0.4, -0.2) is 112 Å². The van der Waals surface area contributed by atoms with E-state index in [4.69, 9.17) is 4.74 Å². The Labute approximate surface area is 349 Å². The van der Waals surface area contributed by atoms with Gasteiger partial charge in [-0.2, -0.15) is 0 Å². The van der Waals surface area contributed by atoms with Crippen molar-refractivity contribution >= 4 is 57.5 Å². The monoisotopic (exact) mass is 869 g/mol. The number of rotatable bonds is 24. The first-order chi connectivity index (χ1) is 28.8. The maximum atomic E-state index is 13.8. The van der Waals surface area contributed by atoms with Gasteiger partial charge in [0.25, 0.3) is 0 Å². The van der Waals surface area contributed by atoms with Crippen LogP contribution < -0.4 is 26.6 Å². The minimum absolute atomic E-state index is 0.106. The van der Waals surface area contributed by atoms with Gasteiger partial charge in [-0.15, -0.1) is 0 Å². The minimum atomic E-state index is -4.08. The molecule has 3 rings (SSSR count). The molecule has 2 aromatic carbocycles. The Balaban J connectivity index is 1.82. The standard InChI is InChI=1S/C39H47N7O14S/c1-23(2)34(46-39(57)60-21-24-9-5-3-6-10-24)38(56)45-30(19-33(51)52)37(55)43-28(13-14-31(47)48)35(53)44-29(17-26-20-40-22-41-26)36(54)42-25(18-32(49)50)15-16-61(58,59)27-11-7-4-8-12-27/h3-12,15-16,20,22-23,25,28-30,34H,13-14,17-19,21H2,1-2H3,(H,40,41)(H,42,54)(H,43,55)(H,44,53)(H,45,56)(H,46,57)(H,47,48)(H,49,50)(H,51,52)/b16-15+/t25-,28?,29+,30+,34+/m1/s1. The molecule has 22 heteroatoms. The summed E-state index contributed by atoms with van der Waals surface area (Å²) in [7, 11) is -4.08. The number of carbonyl (C=O) groups excluding carboxylic acids is 5. The number of nitrogens with one attached hydrogen (secondary N) is 6. The predicted octanol–water partition coefficient (Wildman–Crippen LogP) is 0.644. The molecule has 0 aliphatic carbocycles. The molecule has 0 aliphatic rings. The van der Waals surface area contributed by atoms with Crippen molar-refractivity contribution in [3.63, 3.8) is 0 Å². The summed E-state index contributed by atoms with van der Waals surface area (Å²) in [5.41, 5.74) is 0.868. The van der Waals surface area contributed by atoms with Crippen LogP contribution >= 0.6 is 0 Å². The van der Waals surface area contributed by atoms with Crippen molar-refractivity contribution in [3.8, 4) is 0 Å². The molecule has 0 saturated heterocycles. The van der Waals surface area contributed by atoms with Crippen LogP contribution in [0.4, 0.5) is 4.79 Å². The van der Waals surface area contributed by atoms with E-state index in [2.05, 4.69) is 36.6 Å². The molecule has 21 nitrogen and oxygen atoms in total. The second-order valence-corrected chi connectivity index (χ2v) is 15.6. The van der Waals surface area contributed by atoms with Crippen molar-refractivity contribution in [3.05, 3.63) is 95.9 Å². The maximum absolute atomic E-state index is 13.8. The number of imidazole rings is 1. The van der Waals surface area contributed by atoms with E-state index in [1.54, 1.807) is 50.2 Å². The smallest absolute Gasteiger partial charge is 0.408 e. The van der Waals surface area contributed by atoms with Crippen molar-refractivity contribution in [2.24, 2.45) is 5.92 Å². The summed E-state index contributed by atoms with van der Waals surface area (Å²) in [5.74, 6) is -9.38. The number of aliphatic carboxylic acids is 3.